The first-order valence-corrected chi connectivity index (χ1v) is 10.9. The van der Waals surface area contributed by atoms with Crippen molar-refractivity contribution in [3.05, 3.63) is 105 Å². The van der Waals surface area contributed by atoms with Gasteiger partial charge in [-0.15, -0.1) is 0 Å². The highest BCUT2D eigenvalue weighted by atomic mass is 79.9. The Morgan fingerprint density at radius 2 is 1.87 bits per heavy atom. The van der Waals surface area contributed by atoms with Crippen LogP contribution in [-0.2, 0) is 6.54 Å². The minimum absolute atomic E-state index is 0.0562. The molecule has 0 spiro atoms. The fraction of sp³-hybridized carbons (Fsp3) is 0.0833. The normalized spacial score (nSPS) is 15.4. The molecule has 31 heavy (non-hydrogen) atoms. The first-order chi connectivity index (χ1) is 15.0. The van der Waals surface area contributed by atoms with E-state index in [4.69, 9.17) is 11.6 Å². The third kappa shape index (κ3) is 3.52. The van der Waals surface area contributed by atoms with Crippen molar-refractivity contribution in [2.24, 2.45) is 0 Å². The van der Waals surface area contributed by atoms with E-state index in [1.807, 2.05) is 59.5 Å². The predicted molar refractivity (Wildman–Crippen MR) is 123 cm³/mol. The standard InChI is InChI=1S/C24H17BrClN3O2/c25-16-8-4-7-15(11-16)23-20-21(18-12-17(26)9-10-19(18)30)27-28-22(20)24(31)29(23)13-14-5-2-1-3-6-14/h1-12,23,30H,13H2,(H,27,28). The Labute approximate surface area is 192 Å². The summed E-state index contributed by atoms with van der Waals surface area (Å²) in [5.41, 5.74) is 4.14. The summed E-state index contributed by atoms with van der Waals surface area (Å²) < 4.78 is 0.918. The van der Waals surface area contributed by atoms with Gasteiger partial charge in [0.05, 0.1) is 6.04 Å². The van der Waals surface area contributed by atoms with Crippen molar-refractivity contribution < 1.29 is 9.90 Å². The van der Waals surface area contributed by atoms with E-state index in [0.717, 1.165) is 21.2 Å². The van der Waals surface area contributed by atoms with Gasteiger partial charge in [0.15, 0.2) is 0 Å². The third-order valence-electron chi connectivity index (χ3n) is 5.44. The number of aromatic amines is 1. The number of aromatic nitrogens is 2. The Morgan fingerprint density at radius 1 is 1.06 bits per heavy atom. The van der Waals surface area contributed by atoms with Crippen molar-refractivity contribution in [1.29, 1.82) is 0 Å². The van der Waals surface area contributed by atoms with Crippen LogP contribution in [0.3, 0.4) is 0 Å². The fourth-order valence-electron chi connectivity index (χ4n) is 4.07. The van der Waals surface area contributed by atoms with E-state index in [1.165, 1.54) is 6.07 Å². The number of halogens is 2. The van der Waals surface area contributed by atoms with Crippen molar-refractivity contribution in [1.82, 2.24) is 15.1 Å². The maximum Gasteiger partial charge on any atom is 0.273 e. The largest absolute Gasteiger partial charge is 0.507 e. The second kappa shape index (κ2) is 7.87. The van der Waals surface area contributed by atoms with Crippen LogP contribution in [0.15, 0.2) is 77.3 Å². The van der Waals surface area contributed by atoms with E-state index in [-0.39, 0.29) is 17.7 Å². The number of H-pyrrole nitrogens is 1. The van der Waals surface area contributed by atoms with Crippen molar-refractivity contribution in [3.8, 4) is 17.0 Å². The van der Waals surface area contributed by atoms with Gasteiger partial charge in [-0.3, -0.25) is 9.89 Å². The fourth-order valence-corrected chi connectivity index (χ4v) is 4.66. The van der Waals surface area contributed by atoms with E-state index >= 15 is 0 Å². The Morgan fingerprint density at radius 3 is 2.65 bits per heavy atom. The number of carbonyl (C=O) groups is 1. The summed E-state index contributed by atoms with van der Waals surface area (Å²) in [4.78, 5) is 15.2. The Kier molecular flexibility index (Phi) is 5.04. The topological polar surface area (TPSA) is 69.2 Å². The van der Waals surface area contributed by atoms with Crippen molar-refractivity contribution in [2.75, 3.05) is 0 Å². The molecule has 1 aliphatic rings. The monoisotopic (exact) mass is 493 g/mol. The molecule has 0 fully saturated rings. The number of hydrogen-bond donors (Lipinski definition) is 2. The molecule has 1 aromatic heterocycles. The summed E-state index contributed by atoms with van der Waals surface area (Å²) in [5, 5.41) is 18.3. The van der Waals surface area contributed by atoms with Gasteiger partial charge in [-0.05, 0) is 41.5 Å². The molecular formula is C24H17BrClN3O2. The molecule has 0 radical (unpaired) electrons. The Bertz CT molecular complexity index is 1290. The number of nitrogens with one attached hydrogen (secondary N) is 1. The van der Waals surface area contributed by atoms with Gasteiger partial charge < -0.3 is 10.0 Å². The van der Waals surface area contributed by atoms with Gasteiger partial charge in [-0.1, -0.05) is 70.0 Å². The molecule has 0 saturated carbocycles. The van der Waals surface area contributed by atoms with Crippen LogP contribution < -0.4 is 0 Å². The summed E-state index contributed by atoms with van der Waals surface area (Å²) in [5.74, 6) is -0.0789. The summed E-state index contributed by atoms with van der Waals surface area (Å²) in [6, 6.07) is 22.2. The number of phenols is 1. The maximum absolute atomic E-state index is 13.4. The first-order valence-electron chi connectivity index (χ1n) is 9.70. The summed E-state index contributed by atoms with van der Waals surface area (Å²) in [6.45, 7) is 0.445. The van der Waals surface area contributed by atoms with Crippen LogP contribution in [0.4, 0.5) is 0 Å². The number of benzene rings is 3. The van der Waals surface area contributed by atoms with Crippen LogP contribution in [0.2, 0.25) is 5.02 Å². The number of phenolic OH excluding ortho intramolecular Hbond substituents is 1. The maximum atomic E-state index is 13.4. The van der Waals surface area contributed by atoms with Gasteiger partial charge >= 0.3 is 0 Å². The van der Waals surface area contributed by atoms with Crippen LogP contribution in [-0.4, -0.2) is 26.1 Å². The molecule has 1 amide bonds. The smallest absolute Gasteiger partial charge is 0.273 e. The van der Waals surface area contributed by atoms with Crippen molar-refractivity contribution >= 4 is 33.4 Å². The third-order valence-corrected chi connectivity index (χ3v) is 6.17. The van der Waals surface area contributed by atoms with E-state index in [1.54, 1.807) is 12.1 Å². The molecular weight excluding hydrogens is 478 g/mol. The lowest BCUT2D eigenvalue weighted by Crippen LogP contribution is -2.29. The van der Waals surface area contributed by atoms with Crippen molar-refractivity contribution in [3.63, 3.8) is 0 Å². The van der Waals surface area contributed by atoms with E-state index in [9.17, 15) is 9.90 Å². The van der Waals surface area contributed by atoms with Crippen LogP contribution >= 0.6 is 27.5 Å². The molecule has 0 saturated heterocycles. The second-order valence-corrected chi connectivity index (χ2v) is 8.75. The van der Waals surface area contributed by atoms with Gasteiger partial charge in [0.25, 0.3) is 5.91 Å². The number of amides is 1. The molecule has 1 aliphatic heterocycles. The summed E-state index contributed by atoms with van der Waals surface area (Å²) >= 11 is 9.73. The molecule has 3 aromatic carbocycles. The molecule has 0 aliphatic carbocycles. The number of hydrogen-bond acceptors (Lipinski definition) is 3. The number of aromatic hydroxyl groups is 1. The van der Waals surface area contributed by atoms with Gasteiger partial charge in [-0.2, -0.15) is 5.10 Å². The van der Waals surface area contributed by atoms with Crippen LogP contribution in [0.5, 0.6) is 5.75 Å². The average Bonchev–Trinajstić information content (AvgIpc) is 3.30. The number of rotatable bonds is 4. The Hall–Kier alpha value is -3.09. The first kappa shape index (κ1) is 19.8. The molecule has 0 bridgehead atoms. The highest BCUT2D eigenvalue weighted by molar-refractivity contribution is 9.10. The summed E-state index contributed by atoms with van der Waals surface area (Å²) in [6.07, 6.45) is 0. The highest BCUT2D eigenvalue weighted by Crippen LogP contribution is 2.45. The zero-order valence-electron chi connectivity index (χ0n) is 16.2. The SMILES string of the molecule is O=C1c2[nH]nc(-c3cc(Cl)ccc3O)c2C(c2cccc(Br)c2)N1Cc1ccccc1. The molecule has 5 rings (SSSR count). The van der Waals surface area contributed by atoms with Gasteiger partial charge in [0, 0.05) is 27.2 Å². The van der Waals surface area contributed by atoms with Crippen LogP contribution in [0, 0.1) is 0 Å². The van der Waals surface area contributed by atoms with Crippen molar-refractivity contribution in [2.45, 2.75) is 12.6 Å². The quantitative estimate of drug-likeness (QED) is 0.369. The van der Waals surface area contributed by atoms with E-state index in [0.29, 0.717) is 28.5 Å². The van der Waals surface area contributed by atoms with Gasteiger partial charge in [-0.25, -0.2) is 0 Å². The summed E-state index contributed by atoms with van der Waals surface area (Å²) in [7, 11) is 0. The lowest BCUT2D eigenvalue weighted by Gasteiger charge is -2.26. The second-order valence-electron chi connectivity index (χ2n) is 7.40. The average molecular weight is 495 g/mol. The molecule has 2 N–H and O–H groups in total. The lowest BCUT2D eigenvalue weighted by molar-refractivity contribution is 0.0730. The zero-order valence-corrected chi connectivity index (χ0v) is 18.6. The molecule has 2 heterocycles. The highest BCUT2D eigenvalue weighted by Gasteiger charge is 2.42. The zero-order chi connectivity index (χ0) is 21.5. The van der Waals surface area contributed by atoms with Gasteiger partial charge in [0.1, 0.15) is 17.1 Å². The molecule has 1 unspecified atom stereocenters. The van der Waals surface area contributed by atoms with Gasteiger partial charge in [0.2, 0.25) is 0 Å². The van der Waals surface area contributed by atoms with E-state index < -0.39 is 0 Å². The number of nitrogens with zero attached hydrogens (tertiary/aromatic N) is 2. The van der Waals surface area contributed by atoms with Crippen LogP contribution in [0.25, 0.3) is 11.3 Å². The minimum Gasteiger partial charge on any atom is -0.507 e. The number of carbonyl (C=O) groups excluding carboxylic acids is 1. The van der Waals surface area contributed by atoms with Crippen LogP contribution in [0.1, 0.15) is 33.2 Å². The predicted octanol–water partition coefficient (Wildman–Crippen LogP) is 5.94. The molecule has 154 valence electrons. The molecule has 1 atom stereocenters. The minimum atomic E-state index is -0.368. The molecule has 4 aromatic rings. The molecule has 5 nitrogen and oxygen atoms in total. The number of fused-ring (bicyclic) bond motifs is 1. The lowest BCUT2D eigenvalue weighted by atomic mass is 9.95. The van der Waals surface area contributed by atoms with E-state index in [2.05, 4.69) is 26.1 Å². The molecule has 7 heteroatoms. The Balaban J connectivity index is 1.69.